The number of rotatable bonds is 9. The molecule has 1 aliphatic heterocycles. The molecule has 1 aliphatic rings. The Kier molecular flexibility index (Phi) is 8.60. The zero-order valence-electron chi connectivity index (χ0n) is 13.0. The number of likely N-dealkylation sites (tertiary alicyclic amines) is 1. The number of ether oxygens (including phenoxy) is 3. The molecule has 4 unspecified atom stereocenters. The quantitative estimate of drug-likeness (QED) is 0.614. The first kappa shape index (κ1) is 17.8. The Balaban J connectivity index is 2.31. The lowest BCUT2D eigenvalue weighted by molar-refractivity contribution is -0.0530. The molecular weight excluding hydrogens is 260 g/mol. The van der Waals surface area contributed by atoms with E-state index < -0.39 is 6.10 Å². The van der Waals surface area contributed by atoms with E-state index in [0.29, 0.717) is 26.3 Å². The highest BCUT2D eigenvalue weighted by atomic mass is 16.5. The van der Waals surface area contributed by atoms with Gasteiger partial charge in [0, 0.05) is 39.9 Å². The summed E-state index contributed by atoms with van der Waals surface area (Å²) in [7, 11) is 3.38. The molecule has 0 aromatic carbocycles. The van der Waals surface area contributed by atoms with Crippen molar-refractivity contribution >= 4 is 0 Å². The summed E-state index contributed by atoms with van der Waals surface area (Å²) in [4.78, 5) is 2.24. The lowest BCUT2D eigenvalue weighted by Crippen LogP contribution is -2.51. The average Bonchev–Trinajstić information content (AvgIpc) is 2.46. The van der Waals surface area contributed by atoms with Crippen molar-refractivity contribution in [1.29, 1.82) is 0 Å². The van der Waals surface area contributed by atoms with Crippen LogP contribution in [0.2, 0.25) is 0 Å². The Hall–Kier alpha value is -0.240. The highest BCUT2D eigenvalue weighted by Gasteiger charge is 2.28. The molecule has 0 aliphatic carbocycles. The molecular formula is C14H30N2O4. The molecule has 20 heavy (non-hydrogen) atoms. The second kappa shape index (κ2) is 9.65. The summed E-state index contributed by atoms with van der Waals surface area (Å²) < 4.78 is 15.9. The Morgan fingerprint density at radius 3 is 2.70 bits per heavy atom. The molecule has 6 heteroatoms. The second-order valence-electron chi connectivity index (χ2n) is 5.52. The van der Waals surface area contributed by atoms with Crippen LogP contribution in [0.5, 0.6) is 0 Å². The monoisotopic (exact) mass is 290 g/mol. The van der Waals surface area contributed by atoms with Gasteiger partial charge in [0.25, 0.3) is 0 Å². The molecule has 6 nitrogen and oxygen atoms in total. The second-order valence-corrected chi connectivity index (χ2v) is 5.52. The summed E-state index contributed by atoms with van der Waals surface area (Å²) in [5.74, 6) is 0. The van der Waals surface area contributed by atoms with Gasteiger partial charge in [-0.05, 0) is 19.8 Å². The maximum absolute atomic E-state index is 10.1. The van der Waals surface area contributed by atoms with Crippen LogP contribution in [0.25, 0.3) is 0 Å². The molecule has 4 atom stereocenters. The lowest BCUT2D eigenvalue weighted by atomic mass is 9.99. The van der Waals surface area contributed by atoms with Crippen molar-refractivity contribution in [3.63, 3.8) is 0 Å². The van der Waals surface area contributed by atoms with Gasteiger partial charge in [0.05, 0.1) is 31.5 Å². The number of piperidine rings is 1. The van der Waals surface area contributed by atoms with Crippen LogP contribution in [0.4, 0.5) is 0 Å². The van der Waals surface area contributed by atoms with E-state index in [-0.39, 0.29) is 18.2 Å². The SMILES string of the molecule is COCC(C)OCC(O)CN1CCC(OC)CC1CN. The van der Waals surface area contributed by atoms with Crippen molar-refractivity contribution in [2.24, 2.45) is 5.73 Å². The third kappa shape index (κ3) is 6.03. The normalized spacial score (nSPS) is 27.4. The molecule has 1 fully saturated rings. The molecule has 0 aromatic rings. The van der Waals surface area contributed by atoms with Crippen molar-refractivity contribution in [3.8, 4) is 0 Å². The van der Waals surface area contributed by atoms with Crippen LogP contribution in [0.15, 0.2) is 0 Å². The van der Waals surface area contributed by atoms with E-state index in [2.05, 4.69) is 4.90 Å². The molecule has 0 aromatic heterocycles. The van der Waals surface area contributed by atoms with Gasteiger partial charge in [0.2, 0.25) is 0 Å². The third-order valence-electron chi connectivity index (χ3n) is 3.81. The zero-order chi connectivity index (χ0) is 15.0. The van der Waals surface area contributed by atoms with E-state index in [1.54, 1.807) is 14.2 Å². The van der Waals surface area contributed by atoms with E-state index in [4.69, 9.17) is 19.9 Å². The first-order valence-electron chi connectivity index (χ1n) is 7.36. The van der Waals surface area contributed by atoms with Crippen molar-refractivity contribution in [2.45, 2.75) is 44.1 Å². The topological polar surface area (TPSA) is 77.2 Å². The van der Waals surface area contributed by atoms with Gasteiger partial charge < -0.3 is 25.1 Å². The van der Waals surface area contributed by atoms with Crippen LogP contribution in [-0.4, -0.2) is 81.4 Å². The molecule has 120 valence electrons. The maximum atomic E-state index is 10.1. The fourth-order valence-corrected chi connectivity index (χ4v) is 2.64. The van der Waals surface area contributed by atoms with Gasteiger partial charge in [-0.15, -0.1) is 0 Å². The highest BCUT2D eigenvalue weighted by Crippen LogP contribution is 2.19. The third-order valence-corrected chi connectivity index (χ3v) is 3.81. The molecule has 1 rings (SSSR count). The predicted molar refractivity (Wildman–Crippen MR) is 77.7 cm³/mol. The highest BCUT2D eigenvalue weighted by molar-refractivity contribution is 4.84. The summed E-state index contributed by atoms with van der Waals surface area (Å²) in [6.45, 7) is 4.89. The van der Waals surface area contributed by atoms with Gasteiger partial charge in [-0.1, -0.05) is 0 Å². The molecule has 0 radical (unpaired) electrons. The summed E-state index contributed by atoms with van der Waals surface area (Å²) >= 11 is 0. The smallest absolute Gasteiger partial charge is 0.0900 e. The molecule has 0 spiro atoms. The van der Waals surface area contributed by atoms with Crippen LogP contribution in [0.1, 0.15) is 19.8 Å². The molecule has 0 saturated carbocycles. The summed E-state index contributed by atoms with van der Waals surface area (Å²) in [5.41, 5.74) is 5.82. The van der Waals surface area contributed by atoms with Gasteiger partial charge in [0.15, 0.2) is 0 Å². The number of methoxy groups -OCH3 is 2. The first-order valence-corrected chi connectivity index (χ1v) is 7.36. The van der Waals surface area contributed by atoms with Crippen molar-refractivity contribution in [3.05, 3.63) is 0 Å². The molecule has 1 saturated heterocycles. The number of β-amino-alcohol motifs (C(OH)–C–C–N with tert-alkyl or cyclic N) is 1. The largest absolute Gasteiger partial charge is 0.389 e. The van der Waals surface area contributed by atoms with Crippen LogP contribution < -0.4 is 5.73 Å². The molecule has 1 heterocycles. The summed E-state index contributed by atoms with van der Waals surface area (Å²) in [6.07, 6.45) is 1.71. The molecule has 0 bridgehead atoms. The number of nitrogens with zero attached hydrogens (tertiary/aromatic N) is 1. The minimum Gasteiger partial charge on any atom is -0.389 e. The van der Waals surface area contributed by atoms with Gasteiger partial charge in [-0.3, -0.25) is 4.90 Å². The number of nitrogens with two attached hydrogens (primary N) is 1. The Morgan fingerprint density at radius 2 is 2.10 bits per heavy atom. The van der Waals surface area contributed by atoms with Gasteiger partial charge in [-0.2, -0.15) is 0 Å². The summed E-state index contributed by atoms with van der Waals surface area (Å²) in [5, 5.41) is 10.1. The number of hydrogen-bond acceptors (Lipinski definition) is 6. The van der Waals surface area contributed by atoms with Crippen molar-refractivity contribution in [2.75, 3.05) is 47.1 Å². The fraction of sp³-hybridized carbons (Fsp3) is 1.00. The van der Waals surface area contributed by atoms with Crippen LogP contribution >= 0.6 is 0 Å². The average molecular weight is 290 g/mol. The number of aliphatic hydroxyl groups excluding tert-OH is 1. The fourth-order valence-electron chi connectivity index (χ4n) is 2.64. The molecule has 3 N–H and O–H groups in total. The Bertz CT molecular complexity index is 255. The van der Waals surface area contributed by atoms with Crippen LogP contribution in [-0.2, 0) is 14.2 Å². The minimum atomic E-state index is -0.498. The van der Waals surface area contributed by atoms with Crippen molar-refractivity contribution in [1.82, 2.24) is 4.90 Å². The lowest BCUT2D eigenvalue weighted by Gasteiger charge is -2.39. The molecule has 0 amide bonds. The van der Waals surface area contributed by atoms with E-state index >= 15 is 0 Å². The van der Waals surface area contributed by atoms with E-state index in [1.807, 2.05) is 6.92 Å². The van der Waals surface area contributed by atoms with Crippen LogP contribution in [0, 0.1) is 0 Å². The van der Waals surface area contributed by atoms with Gasteiger partial charge >= 0.3 is 0 Å². The Morgan fingerprint density at radius 1 is 1.35 bits per heavy atom. The van der Waals surface area contributed by atoms with Crippen molar-refractivity contribution < 1.29 is 19.3 Å². The maximum Gasteiger partial charge on any atom is 0.0900 e. The van der Waals surface area contributed by atoms with E-state index in [0.717, 1.165) is 19.4 Å². The zero-order valence-corrected chi connectivity index (χ0v) is 13.0. The number of hydrogen-bond donors (Lipinski definition) is 2. The van der Waals surface area contributed by atoms with Crippen LogP contribution in [0.3, 0.4) is 0 Å². The standard InChI is InChI=1S/C14H30N2O4/c1-11(9-18-2)20-10-13(17)8-16-5-4-14(19-3)6-12(16)7-15/h11-14,17H,4-10,15H2,1-3H3. The predicted octanol–water partition coefficient (Wildman–Crippen LogP) is -0.163. The number of aliphatic hydroxyl groups is 1. The first-order chi connectivity index (χ1) is 9.60. The van der Waals surface area contributed by atoms with E-state index in [9.17, 15) is 5.11 Å². The minimum absolute atomic E-state index is 0.000756. The summed E-state index contributed by atoms with van der Waals surface area (Å²) in [6, 6.07) is 0.278. The van der Waals surface area contributed by atoms with Gasteiger partial charge in [-0.25, -0.2) is 0 Å². The van der Waals surface area contributed by atoms with Gasteiger partial charge in [0.1, 0.15) is 0 Å². The Labute approximate surface area is 122 Å². The van der Waals surface area contributed by atoms with E-state index in [1.165, 1.54) is 0 Å².